The van der Waals surface area contributed by atoms with Gasteiger partial charge in [-0.2, -0.15) is 0 Å². The Balaban J connectivity index is 1.45. The molecule has 2 aliphatic rings. The van der Waals surface area contributed by atoms with Crippen LogP contribution >= 0.6 is 23.1 Å². The zero-order valence-electron chi connectivity index (χ0n) is 20.8. The summed E-state index contributed by atoms with van der Waals surface area (Å²) in [6.45, 7) is 1.63. The van der Waals surface area contributed by atoms with Crippen LogP contribution in [0.2, 0.25) is 0 Å². The van der Waals surface area contributed by atoms with Crippen LogP contribution in [-0.4, -0.2) is 52.3 Å². The third-order valence-corrected chi connectivity index (χ3v) is 9.05. The highest BCUT2D eigenvalue weighted by Gasteiger charge is 2.53. The monoisotopic (exact) mass is 569 g/mol. The number of nitrogens with zero attached hydrogens (tertiary/aromatic N) is 1. The molecule has 11 nitrogen and oxygen atoms in total. The summed E-state index contributed by atoms with van der Waals surface area (Å²) in [6.07, 6.45) is 0. The van der Waals surface area contributed by atoms with Crippen molar-refractivity contribution in [3.63, 3.8) is 0 Å². The van der Waals surface area contributed by atoms with Crippen LogP contribution in [0.3, 0.4) is 0 Å². The maximum atomic E-state index is 13.1. The topological polar surface area (TPSA) is 153 Å². The molecular weight excluding hydrogens is 546 g/mol. The minimum absolute atomic E-state index is 0.0899. The molecule has 1 aromatic heterocycles. The minimum Gasteiger partial charge on any atom is -0.504 e. The van der Waals surface area contributed by atoms with Crippen LogP contribution in [-0.2, 0) is 25.7 Å². The molecule has 3 N–H and O–H groups in total. The predicted molar refractivity (Wildman–Crippen MR) is 142 cm³/mol. The highest BCUT2D eigenvalue weighted by atomic mass is 32.2. The molecular formula is C26H23N3O8S2. The van der Waals surface area contributed by atoms with Gasteiger partial charge in [0.05, 0.1) is 30.2 Å². The number of carbonyl (C=O) groups is 4. The second-order valence-electron chi connectivity index (χ2n) is 8.80. The molecule has 2 aliphatic heterocycles. The second-order valence-corrected chi connectivity index (χ2v) is 10.9. The van der Waals surface area contributed by atoms with E-state index >= 15 is 0 Å². The number of ether oxygens (including phenoxy) is 2. The third-order valence-electron chi connectivity index (χ3n) is 6.43. The molecule has 2 aromatic carbocycles. The number of esters is 1. The Morgan fingerprint density at radius 2 is 1.85 bits per heavy atom. The molecule has 3 atom stereocenters. The van der Waals surface area contributed by atoms with Gasteiger partial charge in [0.1, 0.15) is 11.8 Å². The summed E-state index contributed by atoms with van der Waals surface area (Å²) in [7, 11) is 1.40. The lowest BCUT2D eigenvalue weighted by Crippen LogP contribution is -2.32. The number of benzene rings is 2. The molecule has 3 amide bonds. The van der Waals surface area contributed by atoms with Crippen LogP contribution < -0.4 is 20.2 Å². The van der Waals surface area contributed by atoms with Crippen LogP contribution in [0.1, 0.15) is 33.6 Å². The Hall–Kier alpha value is -4.10. The first kappa shape index (κ1) is 26.5. The van der Waals surface area contributed by atoms with Crippen molar-refractivity contribution in [2.45, 2.75) is 29.7 Å². The minimum atomic E-state index is -0.798. The van der Waals surface area contributed by atoms with Gasteiger partial charge < -0.3 is 19.9 Å². The van der Waals surface area contributed by atoms with E-state index in [0.717, 1.165) is 23.1 Å². The molecule has 1 fully saturated rings. The number of hydrogen-bond donors (Lipinski definition) is 3. The predicted octanol–water partition coefficient (Wildman–Crippen LogP) is 2.32. The van der Waals surface area contributed by atoms with Crippen LogP contribution in [0, 0.1) is 5.92 Å². The van der Waals surface area contributed by atoms with E-state index in [9.17, 15) is 29.1 Å². The maximum Gasteiger partial charge on any atom is 0.338 e. The molecule has 3 heterocycles. The lowest BCUT2D eigenvalue weighted by atomic mass is 9.83. The average molecular weight is 570 g/mol. The number of carbonyl (C=O) groups excluding carboxylic acids is 4. The van der Waals surface area contributed by atoms with Crippen LogP contribution in [0.25, 0.3) is 0 Å². The van der Waals surface area contributed by atoms with E-state index in [0.29, 0.717) is 26.7 Å². The fraction of sp³-hybridized carbons (Fsp3) is 0.269. The van der Waals surface area contributed by atoms with Crippen molar-refractivity contribution in [1.29, 1.82) is 0 Å². The van der Waals surface area contributed by atoms with E-state index in [-0.39, 0.29) is 24.7 Å². The van der Waals surface area contributed by atoms with Crippen molar-refractivity contribution in [1.82, 2.24) is 9.88 Å². The molecule has 202 valence electrons. The summed E-state index contributed by atoms with van der Waals surface area (Å²) in [6, 6.07) is 10.8. The summed E-state index contributed by atoms with van der Waals surface area (Å²) >= 11 is 1.99. The van der Waals surface area contributed by atoms with Gasteiger partial charge in [0.25, 0.3) is 0 Å². The van der Waals surface area contributed by atoms with E-state index in [1.165, 1.54) is 29.9 Å². The van der Waals surface area contributed by atoms with Gasteiger partial charge in [0.2, 0.25) is 17.7 Å². The van der Waals surface area contributed by atoms with Crippen LogP contribution in [0.15, 0.2) is 52.3 Å². The lowest BCUT2D eigenvalue weighted by molar-refractivity contribution is -0.126. The highest BCUT2D eigenvalue weighted by Crippen LogP contribution is 2.52. The molecule has 1 saturated heterocycles. The number of fused-ring (bicyclic) bond motifs is 2. The number of nitrogens with one attached hydrogen (secondary N) is 2. The average Bonchev–Trinajstić information content (AvgIpc) is 3.38. The SMILES string of the molecule is CCOC(=O)c1ccc(NC(=O)Cn2c3c(sc2=O)[C@@H](c2ccc(O)c(OC)c2)[C@H]2C(=O)NC(=O)[C@H]2S3)cc1. The normalized spacial score (nSPS) is 19.6. The number of anilines is 1. The molecule has 39 heavy (non-hydrogen) atoms. The van der Waals surface area contributed by atoms with E-state index in [1.807, 2.05) is 0 Å². The Kier molecular flexibility index (Phi) is 7.19. The van der Waals surface area contributed by atoms with Gasteiger partial charge in [0.15, 0.2) is 11.5 Å². The Bertz CT molecular complexity index is 1550. The highest BCUT2D eigenvalue weighted by molar-refractivity contribution is 8.00. The Labute approximate surface area is 230 Å². The number of aromatic hydroxyl groups is 1. The summed E-state index contributed by atoms with van der Waals surface area (Å²) in [5.74, 6) is -3.21. The van der Waals surface area contributed by atoms with E-state index in [4.69, 9.17) is 9.47 Å². The summed E-state index contributed by atoms with van der Waals surface area (Å²) in [4.78, 5) is 63.5. The van der Waals surface area contributed by atoms with E-state index in [2.05, 4.69) is 10.6 Å². The first-order valence-electron chi connectivity index (χ1n) is 11.9. The number of methoxy groups -OCH3 is 1. The quantitative estimate of drug-likeness (QED) is 0.287. The zero-order valence-corrected chi connectivity index (χ0v) is 22.4. The number of thioether (sulfide) groups is 1. The van der Waals surface area contributed by atoms with Crippen molar-refractivity contribution in [2.24, 2.45) is 5.92 Å². The van der Waals surface area contributed by atoms with Gasteiger partial charge in [-0.15, -0.1) is 0 Å². The summed E-state index contributed by atoms with van der Waals surface area (Å²) < 4.78 is 11.5. The number of rotatable bonds is 7. The number of aromatic nitrogens is 1. The lowest BCUT2D eigenvalue weighted by Gasteiger charge is -2.31. The van der Waals surface area contributed by atoms with Gasteiger partial charge >= 0.3 is 10.8 Å². The smallest absolute Gasteiger partial charge is 0.338 e. The van der Waals surface area contributed by atoms with Crippen molar-refractivity contribution < 1.29 is 33.8 Å². The number of phenolic OH excluding ortho intramolecular Hbond substituents is 1. The first-order chi connectivity index (χ1) is 18.7. The molecule has 0 spiro atoms. The second kappa shape index (κ2) is 10.6. The maximum absolute atomic E-state index is 13.1. The molecule has 13 heteroatoms. The molecule has 0 radical (unpaired) electrons. The van der Waals surface area contributed by atoms with Gasteiger partial charge in [-0.3, -0.25) is 29.1 Å². The Morgan fingerprint density at radius 1 is 1.10 bits per heavy atom. The molecule has 0 unspecified atom stereocenters. The number of phenols is 1. The van der Waals surface area contributed by atoms with Crippen molar-refractivity contribution in [3.05, 3.63) is 68.1 Å². The van der Waals surface area contributed by atoms with E-state index < -0.39 is 45.6 Å². The number of hydrogen-bond acceptors (Lipinski definition) is 10. The van der Waals surface area contributed by atoms with Gasteiger partial charge in [-0.05, 0) is 48.9 Å². The standard InChI is InChI=1S/C26H23N3O8S2/c1-3-37-25(34)12-4-7-14(8-5-12)27-17(31)11-29-24-21(39-26(29)35)18(13-6-9-15(30)16(10-13)36-2)19-20(38-24)23(33)28-22(19)32/h4-10,18-20,30H,3,11H2,1-2H3,(H,27,31)(H,28,32,33)/t18-,19+,20-/m0/s1. The van der Waals surface area contributed by atoms with Gasteiger partial charge in [0, 0.05) is 16.5 Å². The Morgan fingerprint density at radius 3 is 2.54 bits per heavy atom. The van der Waals surface area contributed by atoms with Gasteiger partial charge in [-0.1, -0.05) is 29.2 Å². The number of thiazole rings is 1. The van der Waals surface area contributed by atoms with Crippen molar-refractivity contribution in [3.8, 4) is 11.5 Å². The first-order valence-corrected chi connectivity index (χ1v) is 13.6. The fourth-order valence-corrected chi connectivity index (χ4v) is 7.41. The third kappa shape index (κ3) is 4.90. The molecule has 3 aromatic rings. The fourth-order valence-electron chi connectivity index (χ4n) is 4.67. The molecule has 0 bridgehead atoms. The van der Waals surface area contributed by atoms with E-state index in [1.54, 1.807) is 31.2 Å². The summed E-state index contributed by atoms with van der Waals surface area (Å²) in [5, 5.41) is 14.8. The largest absolute Gasteiger partial charge is 0.504 e. The molecule has 0 aliphatic carbocycles. The number of amides is 3. The zero-order chi connectivity index (χ0) is 27.8. The van der Waals surface area contributed by atoms with Crippen molar-refractivity contribution in [2.75, 3.05) is 19.0 Å². The van der Waals surface area contributed by atoms with Crippen LogP contribution in [0.5, 0.6) is 11.5 Å². The summed E-state index contributed by atoms with van der Waals surface area (Å²) in [5.41, 5.74) is 1.35. The van der Waals surface area contributed by atoms with Crippen molar-refractivity contribution >= 4 is 52.5 Å². The van der Waals surface area contributed by atoms with Crippen LogP contribution in [0.4, 0.5) is 5.69 Å². The number of imide groups is 1. The molecule has 0 saturated carbocycles. The molecule has 5 rings (SSSR count). The van der Waals surface area contributed by atoms with Gasteiger partial charge in [-0.25, -0.2) is 4.79 Å².